The Morgan fingerprint density at radius 2 is 1.27 bits per heavy atom. The van der Waals surface area contributed by atoms with Crippen LogP contribution >= 0.6 is 7.60 Å². The van der Waals surface area contributed by atoms with E-state index in [4.69, 9.17) is 9.26 Å². The predicted octanol–water partition coefficient (Wildman–Crippen LogP) is 4.88. The summed E-state index contributed by atoms with van der Waals surface area (Å²) < 4.78 is 23.5. The van der Waals surface area contributed by atoms with Gasteiger partial charge in [-0.25, -0.2) is 4.79 Å². The zero-order valence-corrected chi connectivity index (χ0v) is 17.3. The van der Waals surface area contributed by atoms with Crippen LogP contribution in [0.25, 0.3) is 0 Å². The second kappa shape index (κ2) is 10.7. The van der Waals surface area contributed by atoms with E-state index in [9.17, 15) is 14.3 Å². The molecule has 0 aliphatic rings. The first-order chi connectivity index (χ1) is 14.5. The van der Waals surface area contributed by atoms with Crippen molar-refractivity contribution in [1.82, 2.24) is 5.32 Å². The fourth-order valence-electron chi connectivity index (χ4n) is 2.82. The summed E-state index contributed by atoms with van der Waals surface area (Å²) in [5.74, 6) is -1.15. The third kappa shape index (κ3) is 6.85. The Labute approximate surface area is 176 Å². The number of ether oxygens (including phenoxy) is 1. The largest absolute Gasteiger partial charge is 0.445 e. The SMILES string of the molecule is O=C(NC(Cc1ccccc1)P(=O)(O)OCc1ccccc1)OCc1ccccc1. The molecule has 1 amide bonds. The first kappa shape index (κ1) is 21.8. The van der Waals surface area contributed by atoms with Crippen LogP contribution in [0.15, 0.2) is 91.0 Å². The maximum absolute atomic E-state index is 13.0. The van der Waals surface area contributed by atoms with Gasteiger partial charge in [-0.15, -0.1) is 0 Å². The van der Waals surface area contributed by atoms with E-state index in [1.54, 1.807) is 12.1 Å². The van der Waals surface area contributed by atoms with Crippen molar-refractivity contribution in [3.05, 3.63) is 108 Å². The lowest BCUT2D eigenvalue weighted by Crippen LogP contribution is -2.37. The van der Waals surface area contributed by atoms with Gasteiger partial charge in [0.15, 0.2) is 0 Å². The molecule has 0 saturated carbocycles. The van der Waals surface area contributed by atoms with Crippen molar-refractivity contribution in [2.24, 2.45) is 0 Å². The van der Waals surface area contributed by atoms with Gasteiger partial charge in [0.05, 0.1) is 6.61 Å². The molecule has 2 unspecified atom stereocenters. The number of hydrogen-bond donors (Lipinski definition) is 2. The van der Waals surface area contributed by atoms with Crippen LogP contribution in [0.4, 0.5) is 4.79 Å². The van der Waals surface area contributed by atoms with Crippen LogP contribution in [0.1, 0.15) is 16.7 Å². The average Bonchev–Trinajstić information content (AvgIpc) is 2.78. The fourth-order valence-corrected chi connectivity index (χ4v) is 4.04. The predicted molar refractivity (Wildman–Crippen MR) is 115 cm³/mol. The standard InChI is InChI=1S/C23H24NO5P/c25-23(28-17-20-12-6-2-7-13-20)24-22(16-19-10-4-1-5-11-19)30(26,27)29-18-21-14-8-3-9-15-21/h1-15,22H,16-18H2,(H,24,25)(H,26,27). The van der Waals surface area contributed by atoms with Crippen LogP contribution in [0.5, 0.6) is 0 Å². The zero-order chi connectivity index (χ0) is 21.2. The van der Waals surface area contributed by atoms with Crippen molar-refractivity contribution in [2.45, 2.75) is 25.4 Å². The molecule has 0 spiro atoms. The molecule has 2 N–H and O–H groups in total. The van der Waals surface area contributed by atoms with Crippen molar-refractivity contribution in [1.29, 1.82) is 0 Å². The molecule has 3 aromatic rings. The minimum Gasteiger partial charge on any atom is -0.445 e. The molecular formula is C23H24NO5P. The molecule has 0 heterocycles. The molecule has 2 atom stereocenters. The number of rotatable bonds is 9. The minimum atomic E-state index is -4.20. The topological polar surface area (TPSA) is 84.9 Å². The number of amides is 1. The van der Waals surface area contributed by atoms with E-state index < -0.39 is 19.5 Å². The Morgan fingerprint density at radius 1 is 0.800 bits per heavy atom. The number of hydrogen-bond acceptors (Lipinski definition) is 4. The Hall–Kier alpha value is -2.92. The van der Waals surface area contributed by atoms with Gasteiger partial charge in [0.1, 0.15) is 12.4 Å². The van der Waals surface area contributed by atoms with Gasteiger partial charge in [-0.1, -0.05) is 91.0 Å². The molecule has 0 saturated heterocycles. The van der Waals surface area contributed by atoms with Crippen LogP contribution in [0, 0.1) is 0 Å². The number of carbonyl (C=O) groups is 1. The summed E-state index contributed by atoms with van der Waals surface area (Å²) >= 11 is 0. The summed E-state index contributed by atoms with van der Waals surface area (Å²) in [6, 6.07) is 27.4. The monoisotopic (exact) mass is 425 g/mol. The lowest BCUT2D eigenvalue weighted by molar-refractivity contribution is 0.135. The summed E-state index contributed by atoms with van der Waals surface area (Å²) in [6.07, 6.45) is -0.651. The van der Waals surface area contributed by atoms with Gasteiger partial charge >= 0.3 is 13.7 Å². The van der Waals surface area contributed by atoms with E-state index in [1.165, 1.54) is 0 Å². The molecule has 0 aliphatic carbocycles. The van der Waals surface area contributed by atoms with E-state index in [0.29, 0.717) is 0 Å². The maximum atomic E-state index is 13.0. The van der Waals surface area contributed by atoms with E-state index in [-0.39, 0.29) is 19.6 Å². The third-order valence-corrected chi connectivity index (χ3v) is 6.02. The van der Waals surface area contributed by atoms with Crippen LogP contribution in [0.3, 0.4) is 0 Å². The van der Waals surface area contributed by atoms with E-state index >= 15 is 0 Å². The van der Waals surface area contributed by atoms with Crippen LogP contribution in [-0.4, -0.2) is 16.8 Å². The van der Waals surface area contributed by atoms with Gasteiger partial charge in [-0.2, -0.15) is 0 Å². The highest BCUT2D eigenvalue weighted by molar-refractivity contribution is 7.53. The lowest BCUT2D eigenvalue weighted by Gasteiger charge is -2.23. The highest BCUT2D eigenvalue weighted by Gasteiger charge is 2.34. The number of alkyl carbamates (subject to hydrolysis) is 1. The van der Waals surface area contributed by atoms with Crippen molar-refractivity contribution in [2.75, 3.05) is 0 Å². The number of benzene rings is 3. The molecule has 0 radical (unpaired) electrons. The number of carbonyl (C=O) groups excluding carboxylic acids is 1. The molecule has 7 heteroatoms. The summed E-state index contributed by atoms with van der Waals surface area (Å²) in [7, 11) is -4.20. The second-order valence-corrected chi connectivity index (χ2v) is 8.74. The van der Waals surface area contributed by atoms with E-state index in [2.05, 4.69) is 5.32 Å². The minimum absolute atomic E-state index is 0.0410. The highest BCUT2D eigenvalue weighted by atomic mass is 31.2. The van der Waals surface area contributed by atoms with Crippen molar-refractivity contribution < 1.29 is 23.5 Å². The first-order valence-corrected chi connectivity index (χ1v) is 11.2. The maximum Gasteiger partial charge on any atom is 0.408 e. The fraction of sp³-hybridized carbons (Fsp3) is 0.174. The molecule has 30 heavy (non-hydrogen) atoms. The van der Waals surface area contributed by atoms with Gasteiger partial charge in [0.25, 0.3) is 0 Å². The van der Waals surface area contributed by atoms with Gasteiger partial charge in [0.2, 0.25) is 0 Å². The molecule has 0 aliphatic heterocycles. The van der Waals surface area contributed by atoms with Crippen molar-refractivity contribution in [3.8, 4) is 0 Å². The molecule has 156 valence electrons. The number of nitrogens with one attached hydrogen (secondary N) is 1. The van der Waals surface area contributed by atoms with E-state index in [1.807, 2.05) is 78.9 Å². The highest BCUT2D eigenvalue weighted by Crippen LogP contribution is 2.48. The molecule has 0 aromatic heterocycles. The Bertz CT molecular complexity index is 967. The quantitative estimate of drug-likeness (QED) is 0.477. The van der Waals surface area contributed by atoms with E-state index in [0.717, 1.165) is 16.7 Å². The Balaban J connectivity index is 1.67. The average molecular weight is 425 g/mol. The lowest BCUT2D eigenvalue weighted by atomic mass is 10.1. The molecule has 0 bridgehead atoms. The Kier molecular flexibility index (Phi) is 7.80. The van der Waals surface area contributed by atoms with Crippen molar-refractivity contribution >= 4 is 13.7 Å². The van der Waals surface area contributed by atoms with Gasteiger partial charge in [-0.05, 0) is 16.7 Å². The normalized spacial score (nSPS) is 13.8. The van der Waals surface area contributed by atoms with Gasteiger partial charge in [-0.3, -0.25) is 4.57 Å². The molecule has 0 fully saturated rings. The smallest absolute Gasteiger partial charge is 0.408 e. The summed E-state index contributed by atoms with van der Waals surface area (Å²) in [5, 5.41) is 2.51. The molecule has 3 rings (SSSR count). The first-order valence-electron chi connectivity index (χ1n) is 9.55. The zero-order valence-electron chi connectivity index (χ0n) is 16.4. The molecular weight excluding hydrogens is 401 g/mol. The Morgan fingerprint density at radius 3 is 1.80 bits per heavy atom. The summed E-state index contributed by atoms with van der Waals surface area (Å²) in [5.41, 5.74) is 2.38. The molecule has 3 aromatic carbocycles. The van der Waals surface area contributed by atoms with Crippen LogP contribution in [0.2, 0.25) is 0 Å². The van der Waals surface area contributed by atoms with Crippen LogP contribution < -0.4 is 5.32 Å². The summed E-state index contributed by atoms with van der Waals surface area (Å²) in [4.78, 5) is 22.9. The van der Waals surface area contributed by atoms with Crippen LogP contribution in [-0.2, 0) is 33.5 Å². The van der Waals surface area contributed by atoms with Gasteiger partial charge < -0.3 is 19.5 Å². The molecule has 6 nitrogen and oxygen atoms in total. The second-order valence-electron chi connectivity index (χ2n) is 6.73. The third-order valence-electron chi connectivity index (χ3n) is 4.42. The van der Waals surface area contributed by atoms with Gasteiger partial charge in [0, 0.05) is 6.42 Å². The van der Waals surface area contributed by atoms with Crippen molar-refractivity contribution in [3.63, 3.8) is 0 Å². The summed E-state index contributed by atoms with van der Waals surface area (Å²) in [6.45, 7) is 0.0198.